The van der Waals surface area contributed by atoms with Crippen LogP contribution in [-0.2, 0) is 14.1 Å². The van der Waals surface area contributed by atoms with Crippen molar-refractivity contribution in [3.8, 4) is 11.4 Å². The first-order valence-corrected chi connectivity index (χ1v) is 9.93. The van der Waals surface area contributed by atoms with E-state index >= 15 is 0 Å². The lowest BCUT2D eigenvalue weighted by molar-refractivity contribution is 0.0956. The molecule has 9 heteroatoms. The summed E-state index contributed by atoms with van der Waals surface area (Å²) in [5, 5.41) is 11.0. The molecule has 0 fully saturated rings. The van der Waals surface area contributed by atoms with Gasteiger partial charge in [0, 0.05) is 37.7 Å². The van der Waals surface area contributed by atoms with Gasteiger partial charge in [0.1, 0.15) is 17.2 Å². The number of amides is 1. The molecule has 0 spiro atoms. The molecule has 5 aromatic rings. The molecular weight excluding hydrogens is 406 g/mol. The van der Waals surface area contributed by atoms with Crippen molar-refractivity contribution in [2.45, 2.75) is 0 Å². The molecule has 158 valence electrons. The van der Waals surface area contributed by atoms with Gasteiger partial charge in [-0.05, 0) is 48.5 Å². The van der Waals surface area contributed by atoms with Gasteiger partial charge in [0.2, 0.25) is 0 Å². The lowest BCUT2D eigenvalue weighted by Gasteiger charge is -2.10. The summed E-state index contributed by atoms with van der Waals surface area (Å²) >= 11 is 0. The Morgan fingerprint density at radius 2 is 1.47 bits per heavy atom. The number of nitrogens with zero attached hydrogens (tertiary/aromatic N) is 6. The predicted molar refractivity (Wildman–Crippen MR) is 119 cm³/mol. The Kier molecular flexibility index (Phi) is 4.63. The summed E-state index contributed by atoms with van der Waals surface area (Å²) in [6, 6.07) is 18.0. The van der Waals surface area contributed by atoms with Gasteiger partial charge in [-0.1, -0.05) is 12.1 Å². The zero-order chi connectivity index (χ0) is 22.2. The fraction of sp³-hybridized carbons (Fsp3) is 0.0870. The average Bonchev–Trinajstić information content (AvgIpc) is 3.51. The summed E-state index contributed by atoms with van der Waals surface area (Å²) in [7, 11) is 3.44. The van der Waals surface area contributed by atoms with E-state index in [0.29, 0.717) is 33.9 Å². The molecule has 0 bridgehead atoms. The minimum Gasteiger partial charge on any atom is -0.321 e. The first-order chi connectivity index (χ1) is 15.5. The van der Waals surface area contributed by atoms with Gasteiger partial charge >= 0.3 is 0 Å². The Morgan fingerprint density at radius 1 is 0.812 bits per heavy atom. The highest BCUT2D eigenvalue weighted by Crippen LogP contribution is 2.27. The zero-order valence-electron chi connectivity index (χ0n) is 17.4. The molecule has 0 aliphatic heterocycles. The number of rotatable bonds is 4. The number of benzene rings is 2. The number of aromatic nitrogens is 6. The monoisotopic (exact) mass is 425 g/mol. The molecule has 0 aliphatic rings. The van der Waals surface area contributed by atoms with E-state index in [9.17, 15) is 9.59 Å². The second-order valence-corrected chi connectivity index (χ2v) is 7.28. The van der Waals surface area contributed by atoms with Crippen molar-refractivity contribution >= 4 is 28.5 Å². The third-order valence-corrected chi connectivity index (χ3v) is 5.26. The third-order valence-electron chi connectivity index (χ3n) is 5.26. The quantitative estimate of drug-likeness (QED) is 0.477. The van der Waals surface area contributed by atoms with Crippen LogP contribution in [0.2, 0.25) is 0 Å². The van der Waals surface area contributed by atoms with Crippen molar-refractivity contribution in [1.29, 1.82) is 0 Å². The maximum absolute atomic E-state index is 13.4. The van der Waals surface area contributed by atoms with Crippen molar-refractivity contribution in [2.24, 2.45) is 14.1 Å². The molecule has 0 unspecified atom stereocenters. The molecule has 0 radical (unpaired) electrons. The Bertz CT molecular complexity index is 1460. The number of nitrogens with one attached hydrogen (secondary N) is 1. The van der Waals surface area contributed by atoms with Crippen molar-refractivity contribution in [1.82, 2.24) is 29.1 Å². The van der Waals surface area contributed by atoms with Gasteiger partial charge in [-0.2, -0.15) is 10.2 Å². The number of imidazole rings is 1. The second kappa shape index (κ2) is 7.62. The van der Waals surface area contributed by atoms with E-state index in [1.807, 2.05) is 36.4 Å². The SMILES string of the molecule is Cn1nccc1C(=O)Nc1ccc(-c2nc3ccccc3n2C(=O)c2ccnn2C)cc1. The van der Waals surface area contributed by atoms with Gasteiger partial charge in [0.25, 0.3) is 11.8 Å². The molecule has 0 atom stereocenters. The lowest BCUT2D eigenvalue weighted by Crippen LogP contribution is -2.17. The van der Waals surface area contributed by atoms with Crippen LogP contribution in [0.3, 0.4) is 0 Å². The highest BCUT2D eigenvalue weighted by molar-refractivity contribution is 6.04. The Labute approximate surface area is 182 Å². The third kappa shape index (κ3) is 3.25. The van der Waals surface area contributed by atoms with E-state index in [1.165, 1.54) is 9.36 Å². The van der Waals surface area contributed by atoms with E-state index in [1.54, 1.807) is 55.3 Å². The maximum atomic E-state index is 13.4. The number of hydrogen-bond acceptors (Lipinski definition) is 5. The summed E-state index contributed by atoms with van der Waals surface area (Å²) < 4.78 is 4.64. The molecule has 1 amide bonds. The van der Waals surface area contributed by atoms with Gasteiger partial charge in [-0.15, -0.1) is 0 Å². The molecule has 0 saturated carbocycles. The second-order valence-electron chi connectivity index (χ2n) is 7.28. The predicted octanol–water partition coefficient (Wildman–Crippen LogP) is 3.11. The number of fused-ring (bicyclic) bond motifs is 1. The minimum atomic E-state index is -0.253. The van der Waals surface area contributed by atoms with Crippen LogP contribution in [0.25, 0.3) is 22.4 Å². The molecular formula is C23H19N7O2. The smallest absolute Gasteiger partial charge is 0.282 e. The fourth-order valence-corrected chi connectivity index (χ4v) is 3.62. The van der Waals surface area contributed by atoms with Gasteiger partial charge in [-0.3, -0.25) is 23.5 Å². The minimum absolute atomic E-state index is 0.220. The number of para-hydroxylation sites is 2. The van der Waals surface area contributed by atoms with E-state index in [0.717, 1.165) is 5.56 Å². The zero-order valence-corrected chi connectivity index (χ0v) is 17.4. The number of carbonyl (C=O) groups excluding carboxylic acids is 2. The highest BCUT2D eigenvalue weighted by Gasteiger charge is 2.21. The molecule has 5 rings (SSSR count). The summed E-state index contributed by atoms with van der Waals surface area (Å²) in [5.74, 6) is 0.0422. The van der Waals surface area contributed by atoms with Crippen LogP contribution in [0.4, 0.5) is 5.69 Å². The molecule has 32 heavy (non-hydrogen) atoms. The van der Waals surface area contributed by atoms with Crippen molar-refractivity contribution < 1.29 is 9.59 Å². The topological polar surface area (TPSA) is 99.6 Å². The Morgan fingerprint density at radius 3 is 2.12 bits per heavy atom. The standard InChI is InChI=1S/C23H19N7O2/c1-28-19(11-13-24-28)22(31)26-16-9-7-15(8-10-16)21-27-17-5-3-4-6-18(17)30(21)23(32)20-12-14-25-29(20)2/h3-14H,1-2H3,(H,26,31). The molecule has 0 saturated heterocycles. The van der Waals surface area contributed by atoms with Crippen LogP contribution >= 0.6 is 0 Å². The van der Waals surface area contributed by atoms with Crippen LogP contribution in [0, 0.1) is 0 Å². The maximum Gasteiger partial charge on any atom is 0.282 e. The van der Waals surface area contributed by atoms with Crippen LogP contribution in [0.15, 0.2) is 73.1 Å². The molecule has 2 aromatic carbocycles. The molecule has 9 nitrogen and oxygen atoms in total. The molecule has 3 heterocycles. The molecule has 3 aromatic heterocycles. The number of carbonyl (C=O) groups is 2. The Hall–Kier alpha value is -4.53. The summed E-state index contributed by atoms with van der Waals surface area (Å²) in [5.41, 5.74) is 3.71. The largest absolute Gasteiger partial charge is 0.321 e. The van der Waals surface area contributed by atoms with E-state index in [4.69, 9.17) is 4.98 Å². The van der Waals surface area contributed by atoms with E-state index in [2.05, 4.69) is 15.5 Å². The van der Waals surface area contributed by atoms with Gasteiger partial charge in [0.15, 0.2) is 0 Å². The van der Waals surface area contributed by atoms with Crippen LogP contribution in [-0.4, -0.2) is 40.9 Å². The Balaban J connectivity index is 1.52. The average molecular weight is 425 g/mol. The lowest BCUT2D eigenvalue weighted by atomic mass is 10.2. The van der Waals surface area contributed by atoms with Crippen molar-refractivity contribution in [3.63, 3.8) is 0 Å². The van der Waals surface area contributed by atoms with Crippen molar-refractivity contribution in [3.05, 3.63) is 84.4 Å². The number of aryl methyl sites for hydroxylation is 2. The fourth-order valence-electron chi connectivity index (χ4n) is 3.62. The van der Waals surface area contributed by atoms with Gasteiger partial charge < -0.3 is 5.32 Å². The van der Waals surface area contributed by atoms with Crippen LogP contribution in [0.5, 0.6) is 0 Å². The first kappa shape index (κ1) is 19.4. The van der Waals surface area contributed by atoms with Crippen molar-refractivity contribution in [2.75, 3.05) is 5.32 Å². The summed E-state index contributed by atoms with van der Waals surface area (Å²) in [4.78, 5) is 30.5. The summed E-state index contributed by atoms with van der Waals surface area (Å²) in [6.07, 6.45) is 3.16. The highest BCUT2D eigenvalue weighted by atomic mass is 16.2. The summed E-state index contributed by atoms with van der Waals surface area (Å²) in [6.45, 7) is 0. The van der Waals surface area contributed by atoms with Crippen LogP contribution < -0.4 is 5.32 Å². The van der Waals surface area contributed by atoms with E-state index < -0.39 is 0 Å². The normalized spacial score (nSPS) is 11.1. The molecule has 0 aliphatic carbocycles. The van der Waals surface area contributed by atoms with Crippen LogP contribution in [0.1, 0.15) is 21.0 Å². The van der Waals surface area contributed by atoms with Gasteiger partial charge in [0.05, 0.1) is 11.0 Å². The first-order valence-electron chi connectivity index (χ1n) is 9.93. The molecule has 1 N–H and O–H groups in total. The number of anilines is 1. The number of hydrogen-bond donors (Lipinski definition) is 1. The van der Waals surface area contributed by atoms with E-state index in [-0.39, 0.29) is 11.8 Å². The van der Waals surface area contributed by atoms with Gasteiger partial charge in [-0.25, -0.2) is 4.98 Å².